The molecule has 2 N–H and O–H groups in total. The highest BCUT2D eigenvalue weighted by molar-refractivity contribution is 7.15. The first-order chi connectivity index (χ1) is 11.7. The number of morpholine rings is 1. The van der Waals surface area contributed by atoms with Crippen LogP contribution in [0.1, 0.15) is 18.5 Å². The Kier molecular flexibility index (Phi) is 4.53. The summed E-state index contributed by atoms with van der Waals surface area (Å²) in [6.45, 7) is 2.55. The molecule has 0 unspecified atom stereocenters. The van der Waals surface area contributed by atoms with E-state index in [2.05, 4.69) is 15.2 Å². The second kappa shape index (κ2) is 6.79. The van der Waals surface area contributed by atoms with E-state index in [1.54, 1.807) is 11.3 Å². The molecule has 0 radical (unpaired) electrons. The number of fused-ring (bicyclic) bond motifs is 2. The third kappa shape index (κ3) is 3.32. The molecule has 1 amide bonds. The van der Waals surface area contributed by atoms with Crippen LogP contribution in [0.15, 0.2) is 17.8 Å². The number of aliphatic hydroxyl groups excluding tert-OH is 1. The highest BCUT2D eigenvalue weighted by Crippen LogP contribution is 2.24. The number of nitrogens with zero attached hydrogens (tertiary/aromatic N) is 3. The van der Waals surface area contributed by atoms with E-state index < -0.39 is 0 Å². The largest absolute Gasteiger partial charge is 0.396 e. The standard InChI is InChI=1S/C16H22N4O3S/c21-3-1-14-9-20-8-11(5-13(20)10-23-14)17-15(22)6-12-7-19-2-4-24-16(19)18-12/h2,4,7,11,13-14,21H,1,3,5-6,8-10H2,(H,17,22)/t11-,13-,14-/m0/s1. The minimum absolute atomic E-state index is 0.0263. The number of thiazole rings is 1. The average molecular weight is 350 g/mol. The third-order valence-electron chi connectivity index (χ3n) is 4.79. The number of hydrogen-bond donors (Lipinski definition) is 2. The number of aromatic nitrogens is 2. The molecule has 0 aliphatic carbocycles. The molecule has 24 heavy (non-hydrogen) atoms. The molecule has 0 spiro atoms. The van der Waals surface area contributed by atoms with Crippen LogP contribution in [0.4, 0.5) is 0 Å². The summed E-state index contributed by atoms with van der Waals surface area (Å²) in [4.78, 5) is 20.1. The van der Waals surface area contributed by atoms with Crippen LogP contribution in [0, 0.1) is 0 Å². The lowest BCUT2D eigenvalue weighted by Gasteiger charge is -2.34. The maximum atomic E-state index is 12.3. The first kappa shape index (κ1) is 16.0. The Morgan fingerprint density at radius 3 is 3.25 bits per heavy atom. The van der Waals surface area contributed by atoms with Gasteiger partial charge < -0.3 is 15.2 Å². The molecule has 130 valence electrons. The molecule has 2 aromatic heterocycles. The Hall–Kier alpha value is -1.48. The summed E-state index contributed by atoms with van der Waals surface area (Å²) in [7, 11) is 0. The number of aliphatic hydroxyl groups is 1. The van der Waals surface area contributed by atoms with Gasteiger partial charge in [0.1, 0.15) is 0 Å². The van der Waals surface area contributed by atoms with Crippen molar-refractivity contribution in [3.8, 4) is 0 Å². The van der Waals surface area contributed by atoms with Crippen LogP contribution < -0.4 is 5.32 Å². The lowest BCUT2D eigenvalue weighted by atomic mass is 10.1. The summed E-state index contributed by atoms with van der Waals surface area (Å²) >= 11 is 1.57. The second-order valence-corrected chi connectivity index (χ2v) is 7.45. The van der Waals surface area contributed by atoms with Crippen molar-refractivity contribution in [2.75, 3.05) is 26.3 Å². The van der Waals surface area contributed by atoms with Gasteiger partial charge in [0.25, 0.3) is 0 Å². The van der Waals surface area contributed by atoms with Crippen LogP contribution >= 0.6 is 11.3 Å². The Bertz CT molecular complexity index is 687. The van der Waals surface area contributed by atoms with Crippen LogP contribution in [0.25, 0.3) is 4.96 Å². The van der Waals surface area contributed by atoms with Gasteiger partial charge in [0.05, 0.1) is 24.8 Å². The molecule has 2 aliphatic heterocycles. The molecule has 8 heteroatoms. The number of carbonyl (C=O) groups excluding carboxylic acids is 1. The Morgan fingerprint density at radius 1 is 1.50 bits per heavy atom. The van der Waals surface area contributed by atoms with Gasteiger partial charge in [-0.25, -0.2) is 4.98 Å². The molecule has 4 rings (SSSR count). The van der Waals surface area contributed by atoms with E-state index in [-0.39, 0.29) is 24.7 Å². The van der Waals surface area contributed by atoms with Gasteiger partial charge >= 0.3 is 0 Å². The number of carbonyl (C=O) groups is 1. The minimum Gasteiger partial charge on any atom is -0.396 e. The van der Waals surface area contributed by atoms with Crippen LogP contribution in [0.5, 0.6) is 0 Å². The highest BCUT2D eigenvalue weighted by atomic mass is 32.1. The monoisotopic (exact) mass is 350 g/mol. The van der Waals surface area contributed by atoms with Crippen molar-refractivity contribution in [2.45, 2.75) is 37.5 Å². The van der Waals surface area contributed by atoms with Crippen molar-refractivity contribution >= 4 is 22.2 Å². The van der Waals surface area contributed by atoms with Crippen molar-refractivity contribution in [2.24, 2.45) is 0 Å². The quantitative estimate of drug-likeness (QED) is 0.810. The first-order valence-corrected chi connectivity index (χ1v) is 9.26. The lowest BCUT2D eigenvalue weighted by molar-refractivity contribution is -0.121. The maximum Gasteiger partial charge on any atom is 0.226 e. The van der Waals surface area contributed by atoms with E-state index in [0.29, 0.717) is 25.5 Å². The number of amides is 1. The zero-order chi connectivity index (χ0) is 16.5. The van der Waals surface area contributed by atoms with Gasteiger partial charge in [-0.3, -0.25) is 14.1 Å². The molecular weight excluding hydrogens is 328 g/mol. The fourth-order valence-electron chi connectivity index (χ4n) is 3.67. The van der Waals surface area contributed by atoms with Crippen LogP contribution in [-0.2, 0) is 16.0 Å². The molecule has 0 bridgehead atoms. The first-order valence-electron chi connectivity index (χ1n) is 8.38. The highest BCUT2D eigenvalue weighted by Gasteiger charge is 2.37. The normalized spacial score (nSPS) is 27.5. The molecular formula is C16H22N4O3S. The Morgan fingerprint density at radius 2 is 2.42 bits per heavy atom. The fraction of sp³-hybridized carbons (Fsp3) is 0.625. The topological polar surface area (TPSA) is 79.1 Å². The SMILES string of the molecule is O=C(Cc1cn2ccsc2n1)N[C@H]1C[C@H]2CO[C@@H](CCO)CN2C1. The summed E-state index contributed by atoms with van der Waals surface area (Å²) in [5.41, 5.74) is 0.807. The number of ether oxygens (including phenoxy) is 1. The molecule has 4 heterocycles. The summed E-state index contributed by atoms with van der Waals surface area (Å²) in [6, 6.07) is 0.547. The summed E-state index contributed by atoms with van der Waals surface area (Å²) in [5, 5.41) is 14.2. The maximum absolute atomic E-state index is 12.3. The predicted molar refractivity (Wildman–Crippen MR) is 90.1 cm³/mol. The average Bonchev–Trinajstić information content (AvgIpc) is 3.20. The van der Waals surface area contributed by atoms with Gasteiger partial charge in [0.15, 0.2) is 4.96 Å². The van der Waals surface area contributed by atoms with Crippen LogP contribution in [0.3, 0.4) is 0 Å². The second-order valence-electron chi connectivity index (χ2n) is 6.58. The molecule has 0 saturated carbocycles. The van der Waals surface area contributed by atoms with Crippen LogP contribution in [0.2, 0.25) is 0 Å². The number of rotatable bonds is 5. The van der Waals surface area contributed by atoms with Crippen molar-refractivity contribution in [3.05, 3.63) is 23.5 Å². The van der Waals surface area contributed by atoms with Gasteiger partial charge in [0.2, 0.25) is 5.91 Å². The summed E-state index contributed by atoms with van der Waals surface area (Å²) in [5.74, 6) is 0.0263. The molecule has 7 nitrogen and oxygen atoms in total. The van der Waals surface area contributed by atoms with E-state index in [1.807, 2.05) is 22.2 Å². The summed E-state index contributed by atoms with van der Waals surface area (Å²) < 4.78 is 7.73. The molecule has 2 aliphatic rings. The van der Waals surface area contributed by atoms with Gasteiger partial charge in [-0.2, -0.15) is 0 Å². The fourth-order valence-corrected chi connectivity index (χ4v) is 4.39. The molecule has 3 atom stereocenters. The Balaban J connectivity index is 1.29. The van der Waals surface area contributed by atoms with Crippen LogP contribution in [-0.4, -0.2) is 69.8 Å². The van der Waals surface area contributed by atoms with Gasteiger partial charge in [-0.1, -0.05) is 0 Å². The van der Waals surface area contributed by atoms with Gasteiger partial charge in [-0.15, -0.1) is 11.3 Å². The van der Waals surface area contributed by atoms with Crippen molar-refractivity contribution in [3.63, 3.8) is 0 Å². The van der Waals surface area contributed by atoms with E-state index in [0.717, 1.165) is 30.2 Å². The molecule has 2 saturated heterocycles. The number of hydrogen-bond acceptors (Lipinski definition) is 6. The van der Waals surface area contributed by atoms with Crippen molar-refractivity contribution < 1.29 is 14.6 Å². The Labute approximate surface area is 144 Å². The number of imidazole rings is 1. The molecule has 2 aromatic rings. The minimum atomic E-state index is 0.0263. The summed E-state index contributed by atoms with van der Waals surface area (Å²) in [6.07, 6.45) is 5.90. The zero-order valence-corrected chi connectivity index (χ0v) is 14.2. The lowest BCUT2D eigenvalue weighted by Crippen LogP contribution is -2.46. The predicted octanol–water partition coefficient (Wildman–Crippen LogP) is 0.279. The number of nitrogens with one attached hydrogen (secondary N) is 1. The smallest absolute Gasteiger partial charge is 0.226 e. The third-order valence-corrected chi connectivity index (χ3v) is 5.56. The van der Waals surface area contributed by atoms with E-state index in [1.165, 1.54) is 0 Å². The van der Waals surface area contributed by atoms with Gasteiger partial charge in [0, 0.05) is 49.6 Å². The van der Waals surface area contributed by atoms with Crippen molar-refractivity contribution in [1.82, 2.24) is 19.6 Å². The van der Waals surface area contributed by atoms with E-state index >= 15 is 0 Å². The van der Waals surface area contributed by atoms with E-state index in [4.69, 9.17) is 9.84 Å². The zero-order valence-electron chi connectivity index (χ0n) is 13.4. The van der Waals surface area contributed by atoms with Gasteiger partial charge in [-0.05, 0) is 12.8 Å². The van der Waals surface area contributed by atoms with E-state index in [9.17, 15) is 4.79 Å². The molecule has 0 aromatic carbocycles. The van der Waals surface area contributed by atoms with Crippen molar-refractivity contribution in [1.29, 1.82) is 0 Å². The molecule has 2 fully saturated rings.